The van der Waals surface area contributed by atoms with Crippen LogP contribution in [0.15, 0.2) is 60.7 Å². The molecule has 1 heterocycles. The van der Waals surface area contributed by atoms with Gasteiger partial charge in [-0.3, -0.25) is 0 Å². The summed E-state index contributed by atoms with van der Waals surface area (Å²) in [5.41, 5.74) is 5.83. The van der Waals surface area contributed by atoms with E-state index >= 15 is 0 Å². The van der Waals surface area contributed by atoms with Crippen LogP contribution in [0.5, 0.6) is 0 Å². The first-order chi connectivity index (χ1) is 14.0. The summed E-state index contributed by atoms with van der Waals surface area (Å²) in [6.45, 7) is 8.62. The molecular weight excluding hydrogens is 602 g/mol. The van der Waals surface area contributed by atoms with E-state index in [1.54, 1.807) is 47.9 Å². The topological polar surface area (TPSA) is 0 Å². The zero-order valence-corrected chi connectivity index (χ0v) is 25.2. The van der Waals surface area contributed by atoms with Gasteiger partial charge in [0.2, 0.25) is 0 Å². The summed E-state index contributed by atoms with van der Waals surface area (Å²) in [5.74, 6) is 0. The van der Waals surface area contributed by atoms with E-state index in [4.69, 9.17) is 0 Å². The molecule has 1 aliphatic heterocycles. The van der Waals surface area contributed by atoms with Crippen LogP contribution >= 0.6 is 0 Å². The first kappa shape index (κ1) is 28.4. The number of aryl methyl sites for hydroxylation is 4. The Labute approximate surface area is 215 Å². The van der Waals surface area contributed by atoms with Crippen LogP contribution in [0.2, 0.25) is 12.1 Å². The molecule has 4 aromatic rings. The molecular formula is C27H32Cl2HfSi-2. The molecule has 0 spiro atoms. The van der Waals surface area contributed by atoms with E-state index in [9.17, 15) is 0 Å². The standard InChI is InChI=1S/2C11H11.C5H10Si.2ClH.Hf/c2*1-8-6-7-9(2)11-5-3-4-10(8)11;1-2-4-6-5-3-1;;;/h2*3-7H,1-2H3;1-5H2;2*1H;/q2*-1;;;;+2/p-2. The van der Waals surface area contributed by atoms with Crippen molar-refractivity contribution >= 4 is 27.0 Å². The second kappa shape index (κ2) is 13.8. The van der Waals surface area contributed by atoms with Gasteiger partial charge in [0.1, 0.15) is 0 Å². The fourth-order valence-electron chi connectivity index (χ4n) is 4.05. The Morgan fingerprint density at radius 2 is 1.00 bits per heavy atom. The van der Waals surface area contributed by atoms with Gasteiger partial charge in [-0.1, -0.05) is 37.1 Å². The summed E-state index contributed by atoms with van der Waals surface area (Å²) in [5, 5.41) is 5.57. The average Bonchev–Trinajstić information content (AvgIpc) is 3.40. The van der Waals surface area contributed by atoms with Gasteiger partial charge in [-0.15, -0.1) is 56.9 Å². The van der Waals surface area contributed by atoms with E-state index in [0.29, 0.717) is 5.49 Å². The number of hydrogen-bond acceptors (Lipinski definition) is 0. The molecule has 1 saturated heterocycles. The van der Waals surface area contributed by atoms with Gasteiger partial charge in [0.25, 0.3) is 0 Å². The molecule has 164 valence electrons. The second-order valence-electron chi connectivity index (χ2n) is 8.27. The fraction of sp³-hybridized carbons (Fsp3) is 0.333. The summed E-state index contributed by atoms with van der Waals surface area (Å²) in [6, 6.07) is 25.0. The predicted molar refractivity (Wildman–Crippen MR) is 127 cm³/mol. The monoisotopic (exact) mass is 634 g/mol. The molecule has 4 aromatic carbocycles. The second-order valence-corrected chi connectivity index (χ2v) is 18.1. The molecule has 0 atom stereocenters. The molecule has 31 heavy (non-hydrogen) atoms. The van der Waals surface area contributed by atoms with Crippen LogP contribution < -0.4 is 24.8 Å². The van der Waals surface area contributed by atoms with Crippen LogP contribution in [0.4, 0.5) is 0 Å². The van der Waals surface area contributed by atoms with Crippen molar-refractivity contribution in [3.8, 4) is 0 Å². The first-order valence-corrected chi connectivity index (χ1v) is 18.1. The molecule has 0 aromatic heterocycles. The van der Waals surface area contributed by atoms with Crippen molar-refractivity contribution < 1.29 is 47.8 Å². The van der Waals surface area contributed by atoms with Gasteiger partial charge in [-0.25, -0.2) is 0 Å². The van der Waals surface area contributed by atoms with E-state index in [1.807, 2.05) is 0 Å². The van der Waals surface area contributed by atoms with Crippen molar-refractivity contribution in [3.05, 3.63) is 82.9 Å². The Balaban J connectivity index is 0.000000231. The third-order valence-corrected chi connectivity index (χ3v) is 13.3. The minimum absolute atomic E-state index is 0. The van der Waals surface area contributed by atoms with Crippen LogP contribution in [-0.4, -0.2) is 5.49 Å². The Morgan fingerprint density at radius 3 is 1.32 bits per heavy atom. The molecule has 5 rings (SSSR count). The van der Waals surface area contributed by atoms with Gasteiger partial charge in [-0.05, 0) is 13.8 Å². The quantitative estimate of drug-likeness (QED) is 0.206. The van der Waals surface area contributed by atoms with Crippen LogP contribution in [0, 0.1) is 27.7 Å². The fourth-order valence-corrected chi connectivity index (χ4v) is 9.47. The Bertz CT molecular complexity index is 949. The van der Waals surface area contributed by atoms with Crippen molar-refractivity contribution in [2.75, 3.05) is 0 Å². The third kappa shape index (κ3) is 7.70. The van der Waals surface area contributed by atoms with Crippen molar-refractivity contribution in [2.45, 2.75) is 59.0 Å². The van der Waals surface area contributed by atoms with Gasteiger partial charge in [0, 0.05) is 0 Å². The third-order valence-electron chi connectivity index (χ3n) is 5.96. The van der Waals surface area contributed by atoms with E-state index in [-0.39, 0.29) is 24.8 Å². The van der Waals surface area contributed by atoms with E-state index in [1.165, 1.54) is 50.2 Å². The van der Waals surface area contributed by atoms with Crippen LogP contribution in [0.25, 0.3) is 21.5 Å². The van der Waals surface area contributed by atoms with E-state index < -0.39 is 0 Å². The Hall–Kier alpha value is -0.673. The van der Waals surface area contributed by atoms with Crippen LogP contribution in [-0.2, 0) is 23.0 Å². The van der Waals surface area contributed by atoms with Crippen molar-refractivity contribution in [1.29, 1.82) is 0 Å². The Kier molecular flexibility index (Phi) is 12.6. The number of benzene rings is 2. The molecule has 0 bridgehead atoms. The molecule has 1 aliphatic rings. The van der Waals surface area contributed by atoms with Crippen LogP contribution in [0.3, 0.4) is 0 Å². The zero-order chi connectivity index (χ0) is 20.8. The molecule has 0 N–H and O–H groups in total. The molecule has 0 amide bonds. The van der Waals surface area contributed by atoms with Crippen molar-refractivity contribution in [3.63, 3.8) is 0 Å². The first-order valence-electron chi connectivity index (χ1n) is 10.8. The number of halogens is 2. The van der Waals surface area contributed by atoms with Crippen molar-refractivity contribution in [2.24, 2.45) is 0 Å². The molecule has 0 radical (unpaired) electrons. The molecule has 4 heteroatoms. The van der Waals surface area contributed by atoms with E-state index in [2.05, 4.69) is 88.4 Å². The molecule has 0 aliphatic carbocycles. The van der Waals surface area contributed by atoms with Crippen LogP contribution in [0.1, 0.15) is 41.5 Å². The Morgan fingerprint density at radius 1 is 0.613 bits per heavy atom. The minimum atomic E-state index is 0. The predicted octanol–water partition coefficient (Wildman–Crippen LogP) is 2.07. The van der Waals surface area contributed by atoms with E-state index in [0.717, 1.165) is 0 Å². The summed E-state index contributed by atoms with van der Waals surface area (Å²) in [6.07, 6.45) is 4.67. The van der Waals surface area contributed by atoms with Gasteiger partial charge in [0.15, 0.2) is 0 Å². The summed E-state index contributed by atoms with van der Waals surface area (Å²) in [4.78, 5) is 0. The summed E-state index contributed by atoms with van der Waals surface area (Å²) < 4.78 is 0. The number of hydrogen-bond donors (Lipinski definition) is 0. The van der Waals surface area contributed by atoms with Crippen molar-refractivity contribution in [1.82, 2.24) is 0 Å². The summed E-state index contributed by atoms with van der Waals surface area (Å²) >= 11 is 1.55. The SMILES string of the molecule is Cc1ccc(C)c2[cH-]ccc12.Cc1ccc(C)c2[cH-]ccc12.[Cl-].[Cl-].[Hf+2]=[Si]1CCCCC1. The molecule has 0 unspecified atom stereocenters. The number of rotatable bonds is 0. The van der Waals surface area contributed by atoms with Gasteiger partial charge in [-0.2, -0.15) is 24.3 Å². The zero-order valence-electron chi connectivity index (χ0n) is 19.1. The van der Waals surface area contributed by atoms with Gasteiger partial charge < -0.3 is 24.8 Å². The maximum atomic E-state index is 2.18. The number of fused-ring (bicyclic) bond motifs is 2. The molecule has 0 saturated carbocycles. The normalized spacial score (nSPS) is 12.8. The average molecular weight is 634 g/mol. The maximum absolute atomic E-state index is 2.18. The van der Waals surface area contributed by atoms with Gasteiger partial charge in [0.05, 0.1) is 0 Å². The summed E-state index contributed by atoms with van der Waals surface area (Å²) in [7, 11) is 0. The molecule has 0 nitrogen and oxygen atoms in total. The molecule has 1 fully saturated rings. The van der Waals surface area contributed by atoms with Gasteiger partial charge >= 0.3 is 59.8 Å².